The van der Waals surface area contributed by atoms with E-state index in [0.29, 0.717) is 11.8 Å². The summed E-state index contributed by atoms with van der Waals surface area (Å²) in [4.78, 5) is 21.3. The minimum atomic E-state index is -0.557. The van der Waals surface area contributed by atoms with E-state index in [0.717, 1.165) is 0 Å². The molecule has 0 amide bonds. The van der Waals surface area contributed by atoms with Gasteiger partial charge in [0.25, 0.3) is 0 Å². The zero-order chi connectivity index (χ0) is 10.0. The maximum atomic E-state index is 13.2. The van der Waals surface area contributed by atoms with Crippen LogP contribution in [0.1, 0.15) is 27.6 Å². The van der Waals surface area contributed by atoms with Crippen molar-refractivity contribution in [1.29, 1.82) is 0 Å². The number of rotatable bonds is 2. The van der Waals surface area contributed by atoms with Gasteiger partial charge in [0.1, 0.15) is 12.1 Å². The molecule has 0 aliphatic rings. The summed E-state index contributed by atoms with van der Waals surface area (Å²) in [7, 11) is 0. The SMILES string of the molecule is CC(=O)c1cc(C=O)cc(I)c1F. The summed E-state index contributed by atoms with van der Waals surface area (Å²) in [5, 5.41) is 0. The first-order chi connectivity index (χ1) is 6.06. The van der Waals surface area contributed by atoms with Crippen molar-refractivity contribution in [1.82, 2.24) is 0 Å². The van der Waals surface area contributed by atoms with E-state index in [-0.39, 0.29) is 14.9 Å². The molecule has 1 aromatic carbocycles. The van der Waals surface area contributed by atoms with E-state index < -0.39 is 5.82 Å². The number of Topliss-reactive ketones (excluding diaryl/α,β-unsaturated/α-hetero) is 1. The third kappa shape index (κ3) is 2.12. The van der Waals surface area contributed by atoms with Crippen molar-refractivity contribution in [3.05, 3.63) is 32.6 Å². The maximum Gasteiger partial charge on any atom is 0.162 e. The second-order valence-electron chi connectivity index (χ2n) is 2.54. The Hall–Kier alpha value is -0.780. The van der Waals surface area contributed by atoms with E-state index in [1.54, 1.807) is 22.6 Å². The highest BCUT2D eigenvalue weighted by molar-refractivity contribution is 14.1. The monoisotopic (exact) mass is 292 g/mol. The van der Waals surface area contributed by atoms with Gasteiger partial charge in [-0.05, 0) is 41.6 Å². The third-order valence-electron chi connectivity index (χ3n) is 1.57. The molecule has 0 unspecified atom stereocenters. The van der Waals surface area contributed by atoms with Gasteiger partial charge in [-0.1, -0.05) is 0 Å². The molecule has 0 saturated carbocycles. The molecule has 0 aromatic heterocycles. The van der Waals surface area contributed by atoms with Gasteiger partial charge >= 0.3 is 0 Å². The minimum Gasteiger partial charge on any atom is -0.298 e. The average Bonchev–Trinajstić information content (AvgIpc) is 2.09. The lowest BCUT2D eigenvalue weighted by Gasteiger charge is -2.01. The van der Waals surface area contributed by atoms with Crippen LogP contribution in [0.3, 0.4) is 0 Å². The van der Waals surface area contributed by atoms with Gasteiger partial charge in [0.2, 0.25) is 0 Å². The summed E-state index contributed by atoms with van der Waals surface area (Å²) in [6.07, 6.45) is 0.591. The standard InChI is InChI=1S/C9H6FIO2/c1-5(13)7-2-6(4-12)3-8(11)9(7)10/h2-4H,1H3. The molecule has 0 radical (unpaired) electrons. The van der Waals surface area contributed by atoms with E-state index in [9.17, 15) is 14.0 Å². The van der Waals surface area contributed by atoms with E-state index in [1.165, 1.54) is 19.1 Å². The fourth-order valence-corrected chi connectivity index (χ4v) is 1.58. The number of benzene rings is 1. The summed E-state index contributed by atoms with van der Waals surface area (Å²) in [6, 6.07) is 2.65. The third-order valence-corrected chi connectivity index (χ3v) is 2.35. The molecule has 4 heteroatoms. The van der Waals surface area contributed by atoms with Gasteiger partial charge in [-0.3, -0.25) is 9.59 Å². The Balaban J connectivity index is 3.41. The van der Waals surface area contributed by atoms with Crippen LogP contribution in [0.25, 0.3) is 0 Å². The van der Waals surface area contributed by atoms with Crippen LogP contribution >= 0.6 is 22.6 Å². The van der Waals surface area contributed by atoms with E-state index in [1.807, 2.05) is 0 Å². The Kier molecular flexibility index (Phi) is 3.13. The van der Waals surface area contributed by atoms with E-state index in [2.05, 4.69) is 0 Å². The van der Waals surface area contributed by atoms with Crippen LogP contribution in [-0.2, 0) is 0 Å². The van der Waals surface area contributed by atoms with Crippen LogP contribution in [0, 0.1) is 9.39 Å². The van der Waals surface area contributed by atoms with Crippen molar-refractivity contribution in [2.45, 2.75) is 6.92 Å². The van der Waals surface area contributed by atoms with Crippen molar-refractivity contribution < 1.29 is 14.0 Å². The van der Waals surface area contributed by atoms with Gasteiger partial charge in [0.05, 0.1) is 9.13 Å². The minimum absolute atomic E-state index is 0.0333. The van der Waals surface area contributed by atoms with Crippen LogP contribution < -0.4 is 0 Å². The van der Waals surface area contributed by atoms with Gasteiger partial charge in [-0.25, -0.2) is 4.39 Å². The number of ketones is 1. The molecule has 2 nitrogen and oxygen atoms in total. The van der Waals surface area contributed by atoms with Crippen molar-refractivity contribution in [2.75, 3.05) is 0 Å². The zero-order valence-corrected chi connectivity index (χ0v) is 8.96. The normalized spacial score (nSPS) is 9.77. The quantitative estimate of drug-likeness (QED) is 0.476. The first-order valence-electron chi connectivity index (χ1n) is 3.51. The Morgan fingerprint density at radius 1 is 1.54 bits per heavy atom. The molecule has 0 aliphatic heterocycles. The molecule has 1 aromatic rings. The van der Waals surface area contributed by atoms with Gasteiger partial charge in [0, 0.05) is 5.56 Å². The Labute approximate surface area is 88.3 Å². The highest BCUT2D eigenvalue weighted by Crippen LogP contribution is 2.17. The molecule has 68 valence electrons. The summed E-state index contributed by atoms with van der Waals surface area (Å²) >= 11 is 1.75. The first kappa shape index (κ1) is 10.3. The van der Waals surface area contributed by atoms with Crippen molar-refractivity contribution in [2.24, 2.45) is 0 Å². The fraction of sp³-hybridized carbons (Fsp3) is 0.111. The fourth-order valence-electron chi connectivity index (χ4n) is 0.934. The zero-order valence-electron chi connectivity index (χ0n) is 6.80. The van der Waals surface area contributed by atoms with Crippen molar-refractivity contribution in [3.8, 4) is 0 Å². The smallest absolute Gasteiger partial charge is 0.162 e. The molecule has 0 N–H and O–H groups in total. The lowest BCUT2D eigenvalue weighted by molar-refractivity contribution is 0.101. The molecule has 0 bridgehead atoms. The van der Waals surface area contributed by atoms with Gasteiger partial charge in [-0.15, -0.1) is 0 Å². The van der Waals surface area contributed by atoms with Gasteiger partial charge in [-0.2, -0.15) is 0 Å². The number of carbonyl (C=O) groups excluding carboxylic acids is 2. The lowest BCUT2D eigenvalue weighted by atomic mass is 10.1. The van der Waals surface area contributed by atoms with Gasteiger partial charge < -0.3 is 0 Å². The summed E-state index contributed by atoms with van der Waals surface area (Å²) in [5.41, 5.74) is 0.282. The topological polar surface area (TPSA) is 34.1 Å². The summed E-state index contributed by atoms with van der Waals surface area (Å²) in [6.45, 7) is 1.27. The largest absolute Gasteiger partial charge is 0.298 e. The van der Waals surface area contributed by atoms with Crippen LogP contribution in [0.2, 0.25) is 0 Å². The molecule has 13 heavy (non-hydrogen) atoms. The highest BCUT2D eigenvalue weighted by Gasteiger charge is 2.11. The predicted octanol–water partition coefficient (Wildman–Crippen LogP) is 2.45. The molecule has 0 heterocycles. The number of halogens is 2. The number of hydrogen-bond donors (Lipinski definition) is 0. The predicted molar refractivity (Wildman–Crippen MR) is 54.5 cm³/mol. The van der Waals surface area contributed by atoms with Crippen molar-refractivity contribution >= 4 is 34.7 Å². The number of hydrogen-bond acceptors (Lipinski definition) is 2. The van der Waals surface area contributed by atoms with E-state index >= 15 is 0 Å². The maximum absolute atomic E-state index is 13.2. The molecule has 0 spiro atoms. The van der Waals surface area contributed by atoms with Crippen molar-refractivity contribution in [3.63, 3.8) is 0 Å². The summed E-state index contributed by atoms with van der Waals surface area (Å²) in [5.74, 6) is -0.933. The summed E-state index contributed by atoms with van der Waals surface area (Å²) < 4.78 is 13.5. The molecular formula is C9H6FIO2. The van der Waals surface area contributed by atoms with Crippen LogP contribution in [0.15, 0.2) is 12.1 Å². The molecule has 0 saturated heterocycles. The molecule has 0 fully saturated rings. The first-order valence-corrected chi connectivity index (χ1v) is 4.59. The highest BCUT2D eigenvalue weighted by atomic mass is 127. The van der Waals surface area contributed by atoms with Gasteiger partial charge in [0.15, 0.2) is 5.78 Å². The molecule has 0 atom stereocenters. The number of aldehydes is 1. The van der Waals surface area contributed by atoms with Crippen LogP contribution in [0.4, 0.5) is 4.39 Å². The number of carbonyl (C=O) groups is 2. The van der Waals surface area contributed by atoms with Crippen LogP contribution in [0.5, 0.6) is 0 Å². The average molecular weight is 292 g/mol. The second-order valence-corrected chi connectivity index (χ2v) is 3.70. The van der Waals surface area contributed by atoms with E-state index in [4.69, 9.17) is 0 Å². The molecule has 0 aliphatic carbocycles. The Morgan fingerprint density at radius 3 is 2.62 bits per heavy atom. The molecule has 1 rings (SSSR count). The second kappa shape index (κ2) is 3.95. The Bertz CT molecular complexity index is 374. The molecular weight excluding hydrogens is 286 g/mol. The van der Waals surface area contributed by atoms with Crippen LogP contribution in [-0.4, -0.2) is 12.1 Å². The lowest BCUT2D eigenvalue weighted by Crippen LogP contribution is -2.01. The Morgan fingerprint density at radius 2 is 2.15 bits per heavy atom.